The number of amides is 1. The number of rotatable bonds is 9. The Balaban J connectivity index is 1.96. The summed E-state index contributed by atoms with van der Waals surface area (Å²) in [7, 11) is -3.47. The van der Waals surface area contributed by atoms with Gasteiger partial charge in [0.05, 0.1) is 31.0 Å². The van der Waals surface area contributed by atoms with Gasteiger partial charge in [0.25, 0.3) is 0 Å². The van der Waals surface area contributed by atoms with Crippen LogP contribution in [-0.2, 0) is 21.2 Å². The molecule has 0 bridgehead atoms. The summed E-state index contributed by atoms with van der Waals surface area (Å²) in [6, 6.07) is 16.3. The monoisotopic (exact) mass is 390 g/mol. The normalized spacial score (nSPS) is 11.3. The Labute approximate surface area is 161 Å². The van der Waals surface area contributed by atoms with Crippen molar-refractivity contribution in [2.75, 3.05) is 23.7 Å². The van der Waals surface area contributed by atoms with Gasteiger partial charge in [-0.1, -0.05) is 30.3 Å². The van der Waals surface area contributed by atoms with E-state index in [1.165, 1.54) is 4.31 Å². The number of benzene rings is 2. The highest BCUT2D eigenvalue weighted by molar-refractivity contribution is 7.92. The summed E-state index contributed by atoms with van der Waals surface area (Å²) in [4.78, 5) is 12.0. The van der Waals surface area contributed by atoms with Gasteiger partial charge in [-0.15, -0.1) is 0 Å². The zero-order valence-electron chi connectivity index (χ0n) is 15.9. The van der Waals surface area contributed by atoms with E-state index < -0.39 is 10.0 Å². The largest absolute Gasteiger partial charge is 0.491 e. The van der Waals surface area contributed by atoms with E-state index in [0.717, 1.165) is 11.8 Å². The molecule has 0 aliphatic carbocycles. The molecule has 146 valence electrons. The Kier molecular flexibility index (Phi) is 7.24. The SMILES string of the molecule is CC(C)Oc1ccc(N(CCNC(=O)Cc2ccccc2)S(C)(=O)=O)cc1. The Bertz CT molecular complexity index is 834. The van der Waals surface area contributed by atoms with Gasteiger partial charge in [-0.3, -0.25) is 9.10 Å². The van der Waals surface area contributed by atoms with Gasteiger partial charge in [0.2, 0.25) is 15.9 Å². The van der Waals surface area contributed by atoms with Gasteiger partial charge in [0.15, 0.2) is 0 Å². The zero-order valence-corrected chi connectivity index (χ0v) is 16.7. The second kappa shape index (κ2) is 9.41. The molecule has 7 heteroatoms. The van der Waals surface area contributed by atoms with E-state index in [-0.39, 0.29) is 31.5 Å². The van der Waals surface area contributed by atoms with E-state index in [4.69, 9.17) is 4.74 Å². The van der Waals surface area contributed by atoms with Crippen LogP contribution in [0.25, 0.3) is 0 Å². The number of nitrogens with zero attached hydrogens (tertiary/aromatic N) is 1. The maximum absolute atomic E-state index is 12.1. The molecule has 0 saturated carbocycles. The summed E-state index contributed by atoms with van der Waals surface area (Å²) in [5.41, 5.74) is 1.45. The van der Waals surface area contributed by atoms with Crippen LogP contribution in [0, 0.1) is 0 Å². The van der Waals surface area contributed by atoms with Crippen LogP contribution < -0.4 is 14.4 Å². The number of nitrogens with one attached hydrogen (secondary N) is 1. The maximum atomic E-state index is 12.1. The van der Waals surface area contributed by atoms with Gasteiger partial charge in [0.1, 0.15) is 5.75 Å². The maximum Gasteiger partial charge on any atom is 0.232 e. The number of hydrogen-bond acceptors (Lipinski definition) is 4. The quantitative estimate of drug-likeness (QED) is 0.714. The van der Waals surface area contributed by atoms with Gasteiger partial charge in [-0.05, 0) is 43.7 Å². The zero-order chi connectivity index (χ0) is 19.9. The number of anilines is 1. The molecule has 2 aromatic rings. The number of carbonyl (C=O) groups is 1. The molecule has 0 aliphatic rings. The molecule has 0 aliphatic heterocycles. The van der Waals surface area contributed by atoms with Crippen molar-refractivity contribution < 1.29 is 17.9 Å². The lowest BCUT2D eigenvalue weighted by atomic mass is 10.1. The van der Waals surface area contributed by atoms with Crippen molar-refractivity contribution in [3.05, 3.63) is 60.2 Å². The molecule has 0 atom stereocenters. The number of sulfonamides is 1. The molecule has 0 aromatic heterocycles. The molecule has 0 fully saturated rings. The summed E-state index contributed by atoms with van der Waals surface area (Å²) < 4.78 is 31.1. The minimum absolute atomic E-state index is 0.0432. The van der Waals surface area contributed by atoms with E-state index in [1.54, 1.807) is 24.3 Å². The predicted molar refractivity (Wildman–Crippen MR) is 108 cm³/mol. The van der Waals surface area contributed by atoms with Gasteiger partial charge in [0, 0.05) is 6.54 Å². The van der Waals surface area contributed by atoms with Crippen molar-refractivity contribution in [2.24, 2.45) is 0 Å². The van der Waals surface area contributed by atoms with Crippen LogP contribution in [0.4, 0.5) is 5.69 Å². The predicted octanol–water partition coefficient (Wildman–Crippen LogP) is 2.60. The first-order valence-corrected chi connectivity index (χ1v) is 10.7. The second-order valence-corrected chi connectivity index (χ2v) is 8.41. The smallest absolute Gasteiger partial charge is 0.232 e. The minimum Gasteiger partial charge on any atom is -0.491 e. The fraction of sp³-hybridized carbons (Fsp3) is 0.350. The lowest BCUT2D eigenvalue weighted by Gasteiger charge is -2.23. The highest BCUT2D eigenvalue weighted by Crippen LogP contribution is 2.22. The molecule has 27 heavy (non-hydrogen) atoms. The second-order valence-electron chi connectivity index (χ2n) is 6.51. The molecule has 0 unspecified atom stereocenters. The fourth-order valence-corrected chi connectivity index (χ4v) is 3.52. The number of hydrogen-bond donors (Lipinski definition) is 1. The first kappa shape index (κ1) is 20.8. The van der Waals surface area contributed by atoms with Crippen molar-refractivity contribution in [2.45, 2.75) is 26.4 Å². The van der Waals surface area contributed by atoms with E-state index in [2.05, 4.69) is 5.32 Å². The molecule has 2 aromatic carbocycles. The van der Waals surface area contributed by atoms with Gasteiger partial charge in [-0.2, -0.15) is 0 Å². The van der Waals surface area contributed by atoms with Crippen molar-refractivity contribution in [1.82, 2.24) is 5.32 Å². The van der Waals surface area contributed by atoms with Crippen molar-refractivity contribution in [1.29, 1.82) is 0 Å². The van der Waals surface area contributed by atoms with E-state index in [1.807, 2.05) is 44.2 Å². The molecule has 6 nitrogen and oxygen atoms in total. The van der Waals surface area contributed by atoms with Crippen molar-refractivity contribution in [3.63, 3.8) is 0 Å². The van der Waals surface area contributed by atoms with Crippen molar-refractivity contribution >= 4 is 21.6 Å². The standard InChI is InChI=1S/C20H26N2O4S/c1-16(2)26-19-11-9-18(10-12-19)22(27(3,24)25)14-13-21-20(23)15-17-7-5-4-6-8-17/h4-12,16H,13-15H2,1-3H3,(H,21,23). The Morgan fingerprint density at radius 3 is 2.26 bits per heavy atom. The highest BCUT2D eigenvalue weighted by atomic mass is 32.2. The van der Waals surface area contributed by atoms with Gasteiger partial charge < -0.3 is 10.1 Å². The van der Waals surface area contributed by atoms with Crippen LogP contribution >= 0.6 is 0 Å². The van der Waals surface area contributed by atoms with Crippen LogP contribution in [0.15, 0.2) is 54.6 Å². The summed E-state index contributed by atoms with van der Waals surface area (Å²) in [5, 5.41) is 2.77. The Hall–Kier alpha value is -2.54. The first-order valence-electron chi connectivity index (χ1n) is 8.81. The molecule has 1 amide bonds. The van der Waals surface area contributed by atoms with Crippen LogP contribution in [0.5, 0.6) is 5.75 Å². The highest BCUT2D eigenvalue weighted by Gasteiger charge is 2.17. The number of ether oxygens (including phenoxy) is 1. The van der Waals surface area contributed by atoms with Gasteiger partial charge in [-0.25, -0.2) is 8.42 Å². The molecule has 0 spiro atoms. The van der Waals surface area contributed by atoms with E-state index in [0.29, 0.717) is 11.4 Å². The molecule has 2 rings (SSSR count). The van der Waals surface area contributed by atoms with Crippen LogP contribution in [-0.4, -0.2) is 39.8 Å². The molecular formula is C20H26N2O4S. The molecule has 0 saturated heterocycles. The lowest BCUT2D eigenvalue weighted by molar-refractivity contribution is -0.120. The molecule has 1 N–H and O–H groups in total. The van der Waals surface area contributed by atoms with Gasteiger partial charge >= 0.3 is 0 Å². The average molecular weight is 391 g/mol. The van der Waals surface area contributed by atoms with Crippen LogP contribution in [0.2, 0.25) is 0 Å². The van der Waals surface area contributed by atoms with Crippen LogP contribution in [0.1, 0.15) is 19.4 Å². The third kappa shape index (κ3) is 6.94. The minimum atomic E-state index is -3.47. The summed E-state index contributed by atoms with van der Waals surface area (Å²) >= 11 is 0. The van der Waals surface area contributed by atoms with E-state index in [9.17, 15) is 13.2 Å². The Morgan fingerprint density at radius 1 is 1.07 bits per heavy atom. The lowest BCUT2D eigenvalue weighted by Crippen LogP contribution is -2.38. The fourth-order valence-electron chi connectivity index (χ4n) is 2.59. The van der Waals surface area contributed by atoms with Crippen molar-refractivity contribution in [3.8, 4) is 5.75 Å². The molecular weight excluding hydrogens is 364 g/mol. The topological polar surface area (TPSA) is 75.7 Å². The van der Waals surface area contributed by atoms with Crippen LogP contribution in [0.3, 0.4) is 0 Å². The van der Waals surface area contributed by atoms with E-state index >= 15 is 0 Å². The first-order chi connectivity index (χ1) is 12.8. The summed E-state index contributed by atoms with van der Waals surface area (Å²) in [6.45, 7) is 4.23. The third-order valence-electron chi connectivity index (χ3n) is 3.74. The molecule has 0 heterocycles. The average Bonchev–Trinajstić information content (AvgIpc) is 2.59. The molecule has 0 radical (unpaired) electrons. The third-order valence-corrected chi connectivity index (χ3v) is 4.94. The summed E-state index contributed by atoms with van der Waals surface area (Å²) in [6.07, 6.45) is 1.46. The summed E-state index contributed by atoms with van der Waals surface area (Å²) in [5.74, 6) is 0.536. The number of carbonyl (C=O) groups excluding carboxylic acids is 1. The Morgan fingerprint density at radius 2 is 1.70 bits per heavy atom.